The van der Waals surface area contributed by atoms with Gasteiger partial charge in [-0.2, -0.15) is 13.2 Å². The quantitative estimate of drug-likeness (QED) is 0.295. The Bertz CT molecular complexity index is 1540. The van der Waals surface area contributed by atoms with Crippen LogP contribution in [0.3, 0.4) is 0 Å². The van der Waals surface area contributed by atoms with Crippen molar-refractivity contribution in [3.63, 3.8) is 0 Å². The largest absolute Gasteiger partial charge is 0.417 e. The molecular weight excluding hydrogens is 591 g/mol. The van der Waals surface area contributed by atoms with Crippen molar-refractivity contribution in [2.24, 2.45) is 0 Å². The van der Waals surface area contributed by atoms with Gasteiger partial charge in [0.2, 0.25) is 11.8 Å². The SMILES string of the molecule is Cc1ccc(S(=O)(=O)N(CC(=O)N(Cc2cccc(C)c2)C(C)C(=O)NC(C)C)c2ccc(Cl)c(C(F)(F)F)c2)cc1. The second-order valence-corrected chi connectivity index (χ2v) is 12.6. The summed E-state index contributed by atoms with van der Waals surface area (Å²) in [4.78, 5) is 27.9. The number of nitrogens with zero attached hydrogens (tertiary/aromatic N) is 2. The Kier molecular flexibility index (Phi) is 10.3. The van der Waals surface area contributed by atoms with Gasteiger partial charge in [0.25, 0.3) is 10.0 Å². The van der Waals surface area contributed by atoms with Gasteiger partial charge in [0.1, 0.15) is 12.6 Å². The molecule has 1 atom stereocenters. The molecule has 0 bridgehead atoms. The smallest absolute Gasteiger partial charge is 0.352 e. The van der Waals surface area contributed by atoms with Crippen LogP contribution in [0.2, 0.25) is 5.02 Å². The van der Waals surface area contributed by atoms with E-state index in [0.717, 1.165) is 23.3 Å². The predicted octanol–water partition coefficient (Wildman–Crippen LogP) is 6.11. The number of rotatable bonds is 10. The number of alkyl halides is 3. The number of benzene rings is 3. The van der Waals surface area contributed by atoms with Crippen LogP contribution in [0.25, 0.3) is 0 Å². The molecule has 42 heavy (non-hydrogen) atoms. The standard InChI is InChI=1S/C30H33ClF3N3O4S/c1-19(2)35-29(39)22(5)36(17-23-8-6-7-21(4)15-23)28(38)18-37(42(40,41)25-12-9-20(3)10-13-25)24-11-14-27(31)26(16-24)30(32,33)34/h6-16,19,22H,17-18H2,1-5H3,(H,35,39). The van der Waals surface area contributed by atoms with Gasteiger partial charge < -0.3 is 10.2 Å². The van der Waals surface area contributed by atoms with Crippen molar-refractivity contribution in [1.29, 1.82) is 0 Å². The Balaban J connectivity index is 2.13. The zero-order valence-corrected chi connectivity index (χ0v) is 25.4. The topological polar surface area (TPSA) is 86.8 Å². The van der Waals surface area contributed by atoms with Crippen molar-refractivity contribution in [2.45, 2.75) is 64.3 Å². The number of carbonyl (C=O) groups is 2. The van der Waals surface area contributed by atoms with Crippen molar-refractivity contribution in [2.75, 3.05) is 10.8 Å². The molecule has 7 nitrogen and oxygen atoms in total. The van der Waals surface area contributed by atoms with Crippen LogP contribution >= 0.6 is 11.6 Å². The van der Waals surface area contributed by atoms with Crippen LogP contribution in [0.4, 0.5) is 18.9 Å². The molecule has 0 saturated carbocycles. The summed E-state index contributed by atoms with van der Waals surface area (Å²) in [6.07, 6.45) is -4.88. The molecule has 226 valence electrons. The number of halogens is 4. The van der Waals surface area contributed by atoms with Gasteiger partial charge in [-0.3, -0.25) is 13.9 Å². The summed E-state index contributed by atoms with van der Waals surface area (Å²) < 4.78 is 69.6. The molecule has 3 aromatic carbocycles. The molecule has 0 aromatic heterocycles. The minimum atomic E-state index is -4.88. The lowest BCUT2D eigenvalue weighted by Crippen LogP contribution is -2.52. The molecule has 0 aliphatic rings. The molecule has 0 aliphatic heterocycles. The molecule has 0 radical (unpaired) electrons. The Hall–Kier alpha value is -3.57. The second kappa shape index (κ2) is 13.2. The number of carbonyl (C=O) groups excluding carboxylic acids is 2. The number of nitrogens with one attached hydrogen (secondary N) is 1. The summed E-state index contributed by atoms with van der Waals surface area (Å²) in [5.41, 5.74) is 0.696. The van der Waals surface area contributed by atoms with Crippen molar-refractivity contribution in [3.8, 4) is 0 Å². The Morgan fingerprint density at radius 2 is 1.57 bits per heavy atom. The van der Waals surface area contributed by atoms with Gasteiger partial charge in [-0.05, 0) is 70.5 Å². The number of hydrogen-bond acceptors (Lipinski definition) is 4. The van der Waals surface area contributed by atoms with E-state index in [-0.39, 0.29) is 17.5 Å². The maximum absolute atomic E-state index is 13.9. The van der Waals surface area contributed by atoms with E-state index in [1.165, 1.54) is 36.1 Å². The van der Waals surface area contributed by atoms with Gasteiger partial charge in [0, 0.05) is 12.6 Å². The lowest BCUT2D eigenvalue weighted by atomic mass is 10.1. The van der Waals surface area contributed by atoms with Crippen molar-refractivity contribution in [1.82, 2.24) is 10.2 Å². The molecule has 0 aliphatic carbocycles. The number of sulfonamides is 1. The average molecular weight is 624 g/mol. The molecule has 3 rings (SSSR count). The van der Waals surface area contributed by atoms with Crippen LogP contribution in [0.1, 0.15) is 43.0 Å². The van der Waals surface area contributed by atoms with Gasteiger partial charge in [0.05, 0.1) is 21.2 Å². The maximum Gasteiger partial charge on any atom is 0.417 e. The van der Waals surface area contributed by atoms with E-state index < -0.39 is 56.9 Å². The first-order valence-corrected chi connectivity index (χ1v) is 14.9. The lowest BCUT2D eigenvalue weighted by Gasteiger charge is -2.32. The average Bonchev–Trinajstić information content (AvgIpc) is 2.89. The van der Waals surface area contributed by atoms with Crippen LogP contribution in [-0.4, -0.2) is 43.8 Å². The minimum absolute atomic E-state index is 0.0416. The minimum Gasteiger partial charge on any atom is -0.352 e. The molecular formula is C30H33ClF3N3O4S. The van der Waals surface area contributed by atoms with Crippen molar-refractivity contribution in [3.05, 3.63) is 94.0 Å². The molecule has 12 heteroatoms. The van der Waals surface area contributed by atoms with Crippen molar-refractivity contribution >= 4 is 39.1 Å². The van der Waals surface area contributed by atoms with E-state index in [1.54, 1.807) is 32.9 Å². The third-order valence-corrected chi connectivity index (χ3v) is 8.58. The summed E-state index contributed by atoms with van der Waals surface area (Å²) in [6, 6.07) is 14.3. The van der Waals surface area contributed by atoms with E-state index in [2.05, 4.69) is 5.32 Å². The zero-order chi connectivity index (χ0) is 31.4. The van der Waals surface area contributed by atoms with Gasteiger partial charge in [-0.1, -0.05) is 59.1 Å². The van der Waals surface area contributed by atoms with Gasteiger partial charge in [-0.25, -0.2) is 8.42 Å². The Morgan fingerprint density at radius 3 is 2.14 bits per heavy atom. The van der Waals surface area contributed by atoms with E-state index in [9.17, 15) is 31.2 Å². The van der Waals surface area contributed by atoms with Crippen LogP contribution in [0.5, 0.6) is 0 Å². The highest BCUT2D eigenvalue weighted by atomic mass is 35.5. The van der Waals surface area contributed by atoms with E-state index in [1.807, 2.05) is 19.1 Å². The number of aryl methyl sites for hydroxylation is 2. The fraction of sp³-hybridized carbons (Fsp3) is 0.333. The van der Waals surface area contributed by atoms with Crippen LogP contribution in [-0.2, 0) is 32.3 Å². The molecule has 0 spiro atoms. The molecule has 1 unspecified atom stereocenters. The lowest BCUT2D eigenvalue weighted by molar-refractivity contribution is -0.139. The normalized spacial score (nSPS) is 12.6. The van der Waals surface area contributed by atoms with Gasteiger partial charge in [0.15, 0.2) is 0 Å². The first-order valence-electron chi connectivity index (χ1n) is 13.1. The Morgan fingerprint density at radius 1 is 0.929 bits per heavy atom. The van der Waals surface area contributed by atoms with Crippen LogP contribution in [0, 0.1) is 13.8 Å². The third kappa shape index (κ3) is 8.04. The fourth-order valence-electron chi connectivity index (χ4n) is 4.25. The molecule has 3 aromatic rings. The molecule has 2 amide bonds. The highest BCUT2D eigenvalue weighted by molar-refractivity contribution is 7.92. The predicted molar refractivity (Wildman–Crippen MR) is 157 cm³/mol. The van der Waals surface area contributed by atoms with E-state index in [0.29, 0.717) is 15.9 Å². The molecule has 0 saturated heterocycles. The summed E-state index contributed by atoms with van der Waals surface area (Å²) in [5.74, 6) is -1.26. The first kappa shape index (κ1) is 32.9. The van der Waals surface area contributed by atoms with Crippen molar-refractivity contribution < 1.29 is 31.2 Å². The first-order chi connectivity index (χ1) is 19.5. The van der Waals surface area contributed by atoms with Crippen LogP contribution in [0.15, 0.2) is 71.6 Å². The summed E-state index contributed by atoms with van der Waals surface area (Å²) >= 11 is 5.80. The monoisotopic (exact) mass is 623 g/mol. The molecule has 0 fully saturated rings. The number of amides is 2. The molecule has 0 heterocycles. The summed E-state index contributed by atoms with van der Waals surface area (Å²) in [7, 11) is -4.54. The highest BCUT2D eigenvalue weighted by Gasteiger charge is 2.37. The number of anilines is 1. The summed E-state index contributed by atoms with van der Waals surface area (Å²) in [6.45, 7) is 7.71. The Labute approximate surface area is 249 Å². The van der Waals surface area contributed by atoms with Gasteiger partial charge in [-0.15, -0.1) is 0 Å². The number of hydrogen-bond donors (Lipinski definition) is 1. The summed E-state index contributed by atoms with van der Waals surface area (Å²) in [5, 5.41) is 2.13. The highest BCUT2D eigenvalue weighted by Crippen LogP contribution is 2.38. The van der Waals surface area contributed by atoms with E-state index in [4.69, 9.17) is 11.6 Å². The fourth-order valence-corrected chi connectivity index (χ4v) is 5.88. The van der Waals surface area contributed by atoms with Gasteiger partial charge >= 0.3 is 6.18 Å². The molecule has 1 N–H and O–H groups in total. The van der Waals surface area contributed by atoms with E-state index >= 15 is 0 Å². The third-order valence-electron chi connectivity index (χ3n) is 6.46. The zero-order valence-electron chi connectivity index (χ0n) is 23.9. The second-order valence-electron chi connectivity index (χ2n) is 10.3. The van der Waals surface area contributed by atoms with Crippen LogP contribution < -0.4 is 9.62 Å². The maximum atomic E-state index is 13.9.